The molecule has 0 spiro atoms. The zero-order valence-electron chi connectivity index (χ0n) is 17.4. The molecule has 0 bridgehead atoms. The molecule has 0 radical (unpaired) electrons. The highest BCUT2D eigenvalue weighted by Gasteiger charge is 2.18. The van der Waals surface area contributed by atoms with E-state index in [1.807, 2.05) is 54.8 Å². The number of anilines is 2. The Morgan fingerprint density at radius 3 is 2.65 bits per heavy atom. The van der Waals surface area contributed by atoms with Crippen LogP contribution in [-0.2, 0) is 13.0 Å². The van der Waals surface area contributed by atoms with Crippen LogP contribution in [0, 0.1) is 13.8 Å². The molecule has 2 heterocycles. The fourth-order valence-electron chi connectivity index (χ4n) is 3.54. The van der Waals surface area contributed by atoms with Gasteiger partial charge in [-0.3, -0.25) is 4.79 Å². The molecule has 4 aromatic rings. The van der Waals surface area contributed by atoms with Crippen LogP contribution in [0.3, 0.4) is 0 Å². The van der Waals surface area contributed by atoms with Gasteiger partial charge in [-0.2, -0.15) is 0 Å². The van der Waals surface area contributed by atoms with Crippen LogP contribution < -0.4 is 11.1 Å². The average Bonchev–Trinajstić information content (AvgIpc) is 3.32. The third kappa shape index (κ3) is 4.81. The number of aryl methyl sites for hydroxylation is 2. The molecule has 0 aliphatic heterocycles. The largest absolute Gasteiger partial charge is 0.366 e. The molecule has 0 aliphatic rings. The Morgan fingerprint density at radius 2 is 1.94 bits per heavy atom. The van der Waals surface area contributed by atoms with Gasteiger partial charge in [-0.25, -0.2) is 4.98 Å². The number of thiazole rings is 1. The van der Waals surface area contributed by atoms with Crippen LogP contribution in [0.1, 0.15) is 27.2 Å². The molecule has 0 saturated carbocycles. The standard InChI is InChI=1S/C24H23ClN4OS/c1-15-6-8-19(9-7-15)27-24-28-21(14-31-24)22-13-20(23(26)30)16(2)29(22)11-10-17-4-3-5-18(25)12-17/h3-9,12-14H,10-11H2,1-2H3,(H2,26,30)(H,27,28). The summed E-state index contributed by atoms with van der Waals surface area (Å²) in [6, 6.07) is 17.8. The number of nitrogens with zero attached hydrogens (tertiary/aromatic N) is 2. The molecule has 0 saturated heterocycles. The topological polar surface area (TPSA) is 72.9 Å². The summed E-state index contributed by atoms with van der Waals surface area (Å²) in [4.78, 5) is 16.7. The van der Waals surface area contributed by atoms with E-state index < -0.39 is 5.91 Å². The summed E-state index contributed by atoms with van der Waals surface area (Å²) >= 11 is 7.65. The smallest absolute Gasteiger partial charge is 0.250 e. The maximum Gasteiger partial charge on any atom is 0.250 e. The van der Waals surface area contributed by atoms with Crippen molar-refractivity contribution < 1.29 is 4.79 Å². The van der Waals surface area contributed by atoms with Gasteiger partial charge < -0.3 is 15.6 Å². The van der Waals surface area contributed by atoms with Crippen molar-refractivity contribution >= 4 is 39.7 Å². The van der Waals surface area contributed by atoms with Crippen molar-refractivity contribution in [1.29, 1.82) is 0 Å². The van der Waals surface area contributed by atoms with Gasteiger partial charge in [0.1, 0.15) is 0 Å². The molecule has 7 heteroatoms. The van der Waals surface area contributed by atoms with Gasteiger partial charge in [0.2, 0.25) is 0 Å². The molecular weight excluding hydrogens is 428 g/mol. The second-order valence-electron chi connectivity index (χ2n) is 7.45. The number of benzene rings is 2. The van der Waals surface area contributed by atoms with Gasteiger partial charge in [0.05, 0.1) is 17.0 Å². The molecule has 0 aliphatic carbocycles. The maximum atomic E-state index is 12.0. The zero-order chi connectivity index (χ0) is 22.0. The van der Waals surface area contributed by atoms with Crippen LogP contribution >= 0.6 is 22.9 Å². The van der Waals surface area contributed by atoms with Crippen molar-refractivity contribution in [2.75, 3.05) is 5.32 Å². The molecule has 4 rings (SSSR count). The molecule has 158 valence electrons. The SMILES string of the molecule is Cc1ccc(Nc2nc(-c3cc(C(N)=O)c(C)n3CCc3cccc(Cl)c3)cs2)cc1. The first-order chi connectivity index (χ1) is 14.9. The molecule has 0 fully saturated rings. The molecule has 0 atom stereocenters. The van der Waals surface area contributed by atoms with E-state index in [1.54, 1.807) is 0 Å². The van der Waals surface area contributed by atoms with Crippen LogP contribution in [0.4, 0.5) is 10.8 Å². The normalized spacial score (nSPS) is 10.9. The molecule has 3 N–H and O–H groups in total. The van der Waals surface area contributed by atoms with Crippen LogP contribution in [0.2, 0.25) is 5.02 Å². The first-order valence-electron chi connectivity index (χ1n) is 9.94. The molecule has 5 nitrogen and oxygen atoms in total. The number of aromatic nitrogens is 2. The number of halogens is 1. The van der Waals surface area contributed by atoms with Crippen LogP contribution in [-0.4, -0.2) is 15.5 Å². The summed E-state index contributed by atoms with van der Waals surface area (Å²) in [5.41, 5.74) is 12.0. The fraction of sp³-hybridized carbons (Fsp3) is 0.167. The van der Waals surface area contributed by atoms with E-state index in [9.17, 15) is 4.79 Å². The Labute approximate surface area is 190 Å². The summed E-state index contributed by atoms with van der Waals surface area (Å²) in [5.74, 6) is -0.437. The highest BCUT2D eigenvalue weighted by Crippen LogP contribution is 2.31. The van der Waals surface area contributed by atoms with Gasteiger partial charge in [-0.1, -0.05) is 41.4 Å². The lowest BCUT2D eigenvalue weighted by Gasteiger charge is -2.11. The third-order valence-corrected chi connectivity index (χ3v) is 6.21. The predicted octanol–water partition coefficient (Wildman–Crippen LogP) is 5.97. The van der Waals surface area contributed by atoms with Gasteiger partial charge in [-0.15, -0.1) is 11.3 Å². The van der Waals surface area contributed by atoms with Crippen molar-refractivity contribution in [3.63, 3.8) is 0 Å². The lowest BCUT2D eigenvalue weighted by Crippen LogP contribution is -2.13. The van der Waals surface area contributed by atoms with Crippen LogP contribution in [0.5, 0.6) is 0 Å². The number of carbonyl (C=O) groups excluding carboxylic acids is 1. The zero-order valence-corrected chi connectivity index (χ0v) is 18.9. The predicted molar refractivity (Wildman–Crippen MR) is 128 cm³/mol. The van der Waals surface area contributed by atoms with Crippen molar-refractivity contribution in [1.82, 2.24) is 9.55 Å². The van der Waals surface area contributed by atoms with Gasteiger partial charge in [0.15, 0.2) is 5.13 Å². The first kappa shape index (κ1) is 21.2. The van der Waals surface area contributed by atoms with Crippen LogP contribution in [0.15, 0.2) is 60.0 Å². The Bertz CT molecular complexity index is 1230. The lowest BCUT2D eigenvalue weighted by molar-refractivity contribution is 0.0999. The number of hydrogen-bond donors (Lipinski definition) is 2. The van der Waals surface area contributed by atoms with E-state index in [0.717, 1.165) is 39.9 Å². The molecule has 31 heavy (non-hydrogen) atoms. The molecule has 0 unspecified atom stereocenters. The number of nitrogens with one attached hydrogen (secondary N) is 1. The number of rotatable bonds is 7. The fourth-order valence-corrected chi connectivity index (χ4v) is 4.47. The van der Waals surface area contributed by atoms with E-state index in [2.05, 4.69) is 28.9 Å². The van der Waals surface area contributed by atoms with Gasteiger partial charge in [0, 0.05) is 28.3 Å². The van der Waals surface area contributed by atoms with Crippen LogP contribution in [0.25, 0.3) is 11.4 Å². The Balaban J connectivity index is 1.62. The van der Waals surface area contributed by atoms with Crippen molar-refractivity contribution in [2.45, 2.75) is 26.8 Å². The van der Waals surface area contributed by atoms with E-state index in [1.165, 1.54) is 16.9 Å². The summed E-state index contributed by atoms with van der Waals surface area (Å²) in [7, 11) is 0. The number of primary amides is 1. The Kier molecular flexibility index (Phi) is 6.11. The number of hydrogen-bond acceptors (Lipinski definition) is 4. The van der Waals surface area contributed by atoms with Crippen molar-refractivity contribution in [2.24, 2.45) is 5.73 Å². The summed E-state index contributed by atoms with van der Waals surface area (Å²) in [6.07, 6.45) is 0.778. The average molecular weight is 451 g/mol. The number of carbonyl (C=O) groups is 1. The summed E-state index contributed by atoms with van der Waals surface area (Å²) in [6.45, 7) is 4.66. The minimum Gasteiger partial charge on any atom is -0.366 e. The van der Waals surface area contributed by atoms with E-state index in [-0.39, 0.29) is 0 Å². The minimum atomic E-state index is -0.437. The second-order valence-corrected chi connectivity index (χ2v) is 8.75. The lowest BCUT2D eigenvalue weighted by atomic mass is 10.1. The van der Waals surface area contributed by atoms with E-state index in [4.69, 9.17) is 22.3 Å². The monoisotopic (exact) mass is 450 g/mol. The maximum absolute atomic E-state index is 12.0. The number of nitrogens with two attached hydrogens (primary N) is 1. The first-order valence-corrected chi connectivity index (χ1v) is 11.2. The van der Waals surface area contributed by atoms with Gasteiger partial charge >= 0.3 is 0 Å². The minimum absolute atomic E-state index is 0.437. The third-order valence-electron chi connectivity index (χ3n) is 5.21. The molecular formula is C24H23ClN4OS. The van der Waals surface area contributed by atoms with Gasteiger partial charge in [-0.05, 0) is 56.2 Å². The molecule has 2 aromatic carbocycles. The summed E-state index contributed by atoms with van der Waals surface area (Å²) < 4.78 is 2.10. The van der Waals surface area contributed by atoms with E-state index >= 15 is 0 Å². The molecule has 2 aromatic heterocycles. The van der Waals surface area contributed by atoms with Crippen molar-refractivity contribution in [3.05, 3.63) is 87.4 Å². The highest BCUT2D eigenvalue weighted by atomic mass is 35.5. The quantitative estimate of drug-likeness (QED) is 0.364. The van der Waals surface area contributed by atoms with Gasteiger partial charge in [0.25, 0.3) is 5.91 Å². The second kappa shape index (κ2) is 8.96. The van der Waals surface area contributed by atoms with Crippen molar-refractivity contribution in [3.8, 4) is 11.4 Å². The summed E-state index contributed by atoms with van der Waals surface area (Å²) in [5, 5.41) is 6.84. The number of amides is 1. The Hall–Kier alpha value is -3.09. The Morgan fingerprint density at radius 1 is 1.16 bits per heavy atom. The molecule has 1 amide bonds. The van der Waals surface area contributed by atoms with E-state index in [0.29, 0.717) is 17.1 Å². The highest BCUT2D eigenvalue weighted by molar-refractivity contribution is 7.14.